The Labute approximate surface area is 558 Å². The van der Waals surface area contributed by atoms with Crippen molar-refractivity contribution in [2.24, 2.45) is 0 Å². The number of ether oxygens (including phenoxy) is 3. The second kappa shape index (κ2) is 19.7. The number of nitrogens with zero attached hydrogens (tertiary/aromatic N) is 2. The van der Waals surface area contributed by atoms with E-state index in [2.05, 4.69) is 263 Å². The fourth-order valence-electron chi connectivity index (χ4n) is 18.2. The summed E-state index contributed by atoms with van der Waals surface area (Å²) in [5, 5.41) is 6.48. The third-order valence-electron chi connectivity index (χ3n) is 21.2. The first kappa shape index (κ1) is 55.9. The van der Waals surface area contributed by atoms with Gasteiger partial charge in [0.15, 0.2) is 0 Å². The van der Waals surface area contributed by atoms with Crippen molar-refractivity contribution in [3.63, 3.8) is 0 Å². The highest BCUT2D eigenvalue weighted by Gasteiger charge is 2.50. The Kier molecular flexibility index (Phi) is 11.7. The molecule has 0 unspecified atom stereocenters. The lowest BCUT2D eigenvalue weighted by molar-refractivity contribution is 0.487. The Morgan fingerprint density at radius 2 is 0.755 bits per heavy atom. The zero-order valence-corrected chi connectivity index (χ0v) is 56.8. The Morgan fingerprint density at radius 1 is 0.330 bits per heavy atom. The van der Waals surface area contributed by atoms with Gasteiger partial charge in [-0.1, -0.05) is 107 Å². The quantitative estimate of drug-likeness (QED) is 0.177. The van der Waals surface area contributed by atoms with E-state index in [0.29, 0.717) is 0 Å². The molecule has 0 atom stereocenters. The van der Waals surface area contributed by atoms with Crippen LogP contribution >= 0.6 is 22.7 Å². The maximum Gasteiger partial charge on any atom is 0.268 e. The van der Waals surface area contributed by atoms with Gasteiger partial charge in [0.25, 0.3) is 20.1 Å². The second-order valence-corrected chi connectivity index (χ2v) is 30.2. The molecule has 1 N–H and O–H groups in total. The maximum atomic E-state index is 7.74. The van der Waals surface area contributed by atoms with Gasteiger partial charge in [-0.15, -0.1) is 22.7 Å². The van der Waals surface area contributed by atoms with Crippen LogP contribution < -0.4 is 77.1 Å². The minimum atomic E-state index is -0.228. The summed E-state index contributed by atoms with van der Waals surface area (Å²) in [6, 6.07) is 60.6. The lowest BCUT2D eigenvalue weighted by Crippen LogP contribution is -2.64. The summed E-state index contributed by atoms with van der Waals surface area (Å²) in [5.74, 6) is 5.47. The number of aryl methyl sites for hydroxylation is 13. The zero-order valence-electron chi connectivity index (χ0n) is 55.2. The van der Waals surface area contributed by atoms with Gasteiger partial charge in [0.1, 0.15) is 34.5 Å². The van der Waals surface area contributed by atoms with Crippen molar-refractivity contribution in [2.45, 2.75) is 90.0 Å². The van der Waals surface area contributed by atoms with Crippen molar-refractivity contribution in [3.8, 4) is 56.8 Å². The predicted octanol–water partition coefficient (Wildman–Crippen LogP) is 16.9. The van der Waals surface area contributed by atoms with E-state index in [0.717, 1.165) is 102 Å². The molecule has 19 rings (SSSR count). The fraction of sp³-hybridized carbons (Fsp3) is 0.157. The third kappa shape index (κ3) is 7.80. The fourth-order valence-corrected chi connectivity index (χ4v) is 20.7. The summed E-state index contributed by atoms with van der Waals surface area (Å²) < 4.78 is 27.5. The number of fused-ring (bicyclic) bond motifs is 16. The van der Waals surface area contributed by atoms with Crippen LogP contribution in [0.25, 0.3) is 42.4 Å². The van der Waals surface area contributed by atoms with Crippen LogP contribution in [0.3, 0.4) is 0 Å². The summed E-state index contributed by atoms with van der Waals surface area (Å²) in [7, 11) is 0. The van der Waals surface area contributed by atoms with Crippen LogP contribution in [0.5, 0.6) is 34.5 Å². The molecule has 94 heavy (non-hydrogen) atoms. The Hall–Kier alpha value is -9.67. The van der Waals surface area contributed by atoms with Crippen LogP contribution in [0.1, 0.15) is 72.3 Å². The van der Waals surface area contributed by atoms with E-state index < -0.39 is 0 Å². The average molecular weight is 1250 g/mol. The standard InChI is InChI=1S/C83H66B3N3O3S2/c1-40-22-45(6)73(46(7)23-40)53-32-62-75-69(34-53)91-80-55-18-14-16-20-71(55)93-82(80)85(75)57-36-58-63(38-61(57)87-62)88(78-49(10)26-42(3)27-50(78)11)65-30-44(5)31-68-76(65)84(58)60-37-59-64(39-67(60)90-68)89(79-51(12)28-43(4)29-52(79)13)66-33-54(74-47(8)24-41(2)25-48(74)9)35-70-77(66)86(59)83-81(92-70)56-19-15-17-21-72(56)94-83/h14-39,87H,1-13H3. The molecule has 0 fully saturated rings. The van der Waals surface area contributed by atoms with Crippen molar-refractivity contribution in [1.82, 2.24) is 0 Å². The molecule has 452 valence electrons. The number of benzene rings is 11. The molecule has 0 saturated carbocycles. The molecule has 0 aliphatic carbocycles. The highest BCUT2D eigenvalue weighted by Crippen LogP contribution is 2.52. The van der Waals surface area contributed by atoms with Gasteiger partial charge in [0.05, 0.1) is 11.4 Å². The number of nitrogens with one attached hydrogen (secondary N) is 1. The van der Waals surface area contributed by atoms with E-state index in [1.165, 1.54) is 141 Å². The molecular formula is C83H66B3N3O3S2. The molecule has 8 heterocycles. The van der Waals surface area contributed by atoms with Crippen LogP contribution in [-0.4, -0.2) is 20.1 Å². The lowest BCUT2D eigenvalue weighted by atomic mass is 9.30. The van der Waals surface area contributed by atoms with Gasteiger partial charge in [-0.25, -0.2) is 0 Å². The largest absolute Gasteiger partial charge is 0.458 e. The number of thiophene rings is 2. The van der Waals surface area contributed by atoms with Gasteiger partial charge < -0.3 is 29.3 Å². The van der Waals surface area contributed by atoms with Crippen LogP contribution in [0.15, 0.2) is 158 Å². The van der Waals surface area contributed by atoms with E-state index in [1.54, 1.807) is 0 Å². The molecule has 11 heteroatoms. The first-order valence-electron chi connectivity index (χ1n) is 33.0. The molecule has 11 aromatic carbocycles. The van der Waals surface area contributed by atoms with E-state index in [4.69, 9.17) is 14.2 Å². The number of rotatable bonds is 4. The first-order valence-corrected chi connectivity index (χ1v) is 34.7. The maximum absolute atomic E-state index is 7.74. The number of anilines is 8. The molecule has 6 nitrogen and oxygen atoms in total. The van der Waals surface area contributed by atoms with Crippen molar-refractivity contribution >= 4 is 156 Å². The zero-order chi connectivity index (χ0) is 63.9. The van der Waals surface area contributed by atoms with Gasteiger partial charge in [-0.05, 0) is 267 Å². The smallest absolute Gasteiger partial charge is 0.268 e. The van der Waals surface area contributed by atoms with Crippen LogP contribution in [-0.2, 0) is 0 Å². The topological polar surface area (TPSA) is 46.2 Å². The SMILES string of the molecule is Cc1cc(C)c(-c2cc3c4c(c2)Oc2c(sc5ccccc25)B4c2cc4c(cc2N3)N(c2c(C)cc(C)cc2C)c2cc(C)cc3c2B4c2cc4c(cc2O3)N(c2c(C)cc(C)cc2C)c2cc(-c3c(C)cc(C)cc3C)cc3c2B4c2sc4ccccc4c2O3)c(C)c1. The number of hydrogen-bond acceptors (Lipinski definition) is 8. The molecule has 13 aromatic rings. The first-order chi connectivity index (χ1) is 45.4. The molecule has 0 bridgehead atoms. The average Bonchev–Trinajstić information content (AvgIpc) is 0.918. The van der Waals surface area contributed by atoms with Gasteiger partial charge in [-0.3, -0.25) is 0 Å². The van der Waals surface area contributed by atoms with E-state index in [1.807, 2.05) is 22.7 Å². The Bertz CT molecular complexity index is 5590. The van der Waals surface area contributed by atoms with E-state index >= 15 is 0 Å². The van der Waals surface area contributed by atoms with Gasteiger partial charge in [-0.2, -0.15) is 0 Å². The predicted molar refractivity (Wildman–Crippen MR) is 402 cm³/mol. The Balaban J connectivity index is 0.904. The summed E-state index contributed by atoms with van der Waals surface area (Å²) >= 11 is 3.74. The van der Waals surface area contributed by atoms with E-state index in [-0.39, 0.29) is 20.1 Å². The minimum absolute atomic E-state index is 0.115. The minimum Gasteiger partial charge on any atom is -0.458 e. The van der Waals surface area contributed by atoms with Crippen molar-refractivity contribution < 1.29 is 14.2 Å². The van der Waals surface area contributed by atoms with E-state index in [9.17, 15) is 0 Å². The molecule has 0 saturated heterocycles. The molecule has 6 aliphatic heterocycles. The lowest BCUT2D eigenvalue weighted by Gasteiger charge is -2.44. The second-order valence-electron chi connectivity index (χ2n) is 28.0. The van der Waals surface area contributed by atoms with Crippen molar-refractivity contribution in [1.29, 1.82) is 0 Å². The molecular weight excluding hydrogens is 1180 g/mol. The van der Waals surface area contributed by atoms with Gasteiger partial charge in [0.2, 0.25) is 0 Å². The van der Waals surface area contributed by atoms with Crippen LogP contribution in [0, 0.1) is 90.0 Å². The van der Waals surface area contributed by atoms with Gasteiger partial charge in [0, 0.05) is 69.9 Å². The summed E-state index contributed by atoms with van der Waals surface area (Å²) in [6.07, 6.45) is 0. The van der Waals surface area contributed by atoms with Crippen molar-refractivity contribution in [2.75, 3.05) is 15.1 Å². The molecule has 0 amide bonds. The summed E-state index contributed by atoms with van der Waals surface area (Å²) in [6.45, 7) is 28.7. The van der Waals surface area contributed by atoms with Crippen LogP contribution in [0.2, 0.25) is 0 Å². The normalized spacial score (nSPS) is 13.8. The third-order valence-corrected chi connectivity index (χ3v) is 23.6. The highest BCUT2D eigenvalue weighted by atomic mass is 32.1. The monoisotopic (exact) mass is 1250 g/mol. The summed E-state index contributed by atoms with van der Waals surface area (Å²) in [5.41, 5.74) is 38.3. The molecule has 0 radical (unpaired) electrons. The molecule has 0 spiro atoms. The number of hydrogen-bond donors (Lipinski definition) is 1. The highest BCUT2D eigenvalue weighted by molar-refractivity contribution is 7.34. The van der Waals surface area contributed by atoms with Gasteiger partial charge >= 0.3 is 0 Å². The molecule has 6 aliphatic rings. The summed E-state index contributed by atoms with van der Waals surface area (Å²) in [4.78, 5) is 5.17. The van der Waals surface area contributed by atoms with Crippen LogP contribution in [0.4, 0.5) is 45.5 Å². The Morgan fingerprint density at radius 3 is 1.31 bits per heavy atom. The molecule has 2 aromatic heterocycles. The van der Waals surface area contributed by atoms with Crippen molar-refractivity contribution in [3.05, 3.63) is 230 Å².